The van der Waals surface area contributed by atoms with Gasteiger partial charge in [0.2, 0.25) is 0 Å². The van der Waals surface area contributed by atoms with Crippen LogP contribution in [0.3, 0.4) is 0 Å². The third-order valence-electron chi connectivity index (χ3n) is 2.18. The molecule has 2 heterocycles. The Kier molecular flexibility index (Phi) is 3.99. The molecule has 2 rings (SSSR count). The molecule has 19 heavy (non-hydrogen) atoms. The average Bonchev–Trinajstić information content (AvgIpc) is 2.42. The Labute approximate surface area is 115 Å². The highest BCUT2D eigenvalue weighted by Crippen LogP contribution is 2.12. The smallest absolute Gasteiger partial charge is 0.191 e. The minimum absolute atomic E-state index is 0.0932. The lowest BCUT2D eigenvalue weighted by molar-refractivity contribution is 0.472. The quantitative estimate of drug-likeness (QED) is 0.497. The maximum Gasteiger partial charge on any atom is 0.191 e. The van der Waals surface area contributed by atoms with Crippen LogP contribution < -0.4 is 10.7 Å². The van der Waals surface area contributed by atoms with Gasteiger partial charge >= 0.3 is 0 Å². The maximum absolute atomic E-state index is 9.13. The van der Waals surface area contributed by atoms with Gasteiger partial charge < -0.3 is 10.8 Å². The highest BCUT2D eigenvalue weighted by Gasteiger charge is 2.06. The molecule has 0 aliphatic heterocycles. The molecule has 0 atom stereocenters. The van der Waals surface area contributed by atoms with Gasteiger partial charge in [-0.25, -0.2) is 5.01 Å². The van der Waals surface area contributed by atoms with Crippen LogP contribution in [-0.2, 0) is 0 Å². The third kappa shape index (κ3) is 3.46. The highest BCUT2D eigenvalue weighted by atomic mass is 32.1. The number of hydrogen-bond acceptors (Lipinski definition) is 5. The molecule has 0 spiro atoms. The van der Waals surface area contributed by atoms with E-state index in [2.05, 4.69) is 15.1 Å². The Balaban J connectivity index is 2.22. The predicted octanol–water partition coefficient (Wildman–Crippen LogP) is 1.27. The molecule has 0 saturated heterocycles. The summed E-state index contributed by atoms with van der Waals surface area (Å²) < 4.78 is 0. The van der Waals surface area contributed by atoms with Crippen LogP contribution in [0.15, 0.2) is 48.0 Å². The van der Waals surface area contributed by atoms with Crippen LogP contribution in [0.4, 0.5) is 5.69 Å². The minimum Gasteiger partial charge on any atom is -0.506 e. The summed E-state index contributed by atoms with van der Waals surface area (Å²) in [6.07, 6.45) is 6.06. The summed E-state index contributed by atoms with van der Waals surface area (Å²) in [7, 11) is 0. The molecule has 0 aliphatic carbocycles. The summed E-state index contributed by atoms with van der Waals surface area (Å²) in [6, 6.07) is 6.69. The van der Waals surface area contributed by atoms with Gasteiger partial charge in [0.05, 0.1) is 30.0 Å². The monoisotopic (exact) mass is 273 g/mol. The number of rotatable bonds is 3. The first-order chi connectivity index (χ1) is 9.16. The van der Waals surface area contributed by atoms with Gasteiger partial charge in [0.25, 0.3) is 0 Å². The normalized spacial score (nSPS) is 10.5. The van der Waals surface area contributed by atoms with E-state index in [1.807, 2.05) is 0 Å². The highest BCUT2D eigenvalue weighted by molar-refractivity contribution is 7.80. The lowest BCUT2D eigenvalue weighted by atomic mass is 10.3. The Hall–Kier alpha value is -2.54. The lowest BCUT2D eigenvalue weighted by Crippen LogP contribution is -2.31. The second-order valence-corrected chi connectivity index (χ2v) is 3.97. The van der Waals surface area contributed by atoms with E-state index in [0.717, 1.165) is 0 Å². The van der Waals surface area contributed by atoms with Crippen LogP contribution >= 0.6 is 12.2 Å². The molecule has 0 saturated carbocycles. The van der Waals surface area contributed by atoms with Gasteiger partial charge in [0.15, 0.2) is 5.11 Å². The molecule has 2 aromatic heterocycles. The Morgan fingerprint density at radius 3 is 2.79 bits per heavy atom. The van der Waals surface area contributed by atoms with Crippen LogP contribution in [0.1, 0.15) is 5.69 Å². The molecule has 0 unspecified atom stereocenters. The van der Waals surface area contributed by atoms with E-state index in [9.17, 15) is 0 Å². The molecule has 6 nitrogen and oxygen atoms in total. The largest absolute Gasteiger partial charge is 0.506 e. The fourth-order valence-corrected chi connectivity index (χ4v) is 1.47. The van der Waals surface area contributed by atoms with Crippen LogP contribution in [-0.4, -0.2) is 26.4 Å². The first kappa shape index (κ1) is 12.9. The molecule has 0 aromatic carbocycles. The number of aromatic hydroxyl groups is 1. The van der Waals surface area contributed by atoms with Gasteiger partial charge in [0, 0.05) is 6.20 Å². The molecule has 3 N–H and O–H groups in total. The zero-order valence-electron chi connectivity index (χ0n) is 9.84. The molecule has 96 valence electrons. The molecule has 0 aliphatic rings. The van der Waals surface area contributed by atoms with Gasteiger partial charge in [-0.3, -0.25) is 9.97 Å². The molecule has 0 bridgehead atoms. The lowest BCUT2D eigenvalue weighted by Gasteiger charge is -2.15. The molecular weight excluding hydrogens is 262 g/mol. The van der Waals surface area contributed by atoms with Gasteiger partial charge in [-0.05, 0) is 36.5 Å². The number of thiocarbonyl (C=S) groups is 1. The number of hydrazone groups is 1. The van der Waals surface area contributed by atoms with Crippen molar-refractivity contribution in [1.82, 2.24) is 9.97 Å². The van der Waals surface area contributed by atoms with Crippen molar-refractivity contribution in [2.24, 2.45) is 10.8 Å². The Bertz CT molecular complexity index is 585. The summed E-state index contributed by atoms with van der Waals surface area (Å²) in [6.45, 7) is 0. The second kappa shape index (κ2) is 5.87. The number of aromatic nitrogens is 2. The van der Waals surface area contributed by atoms with Gasteiger partial charge in [0.1, 0.15) is 5.75 Å². The van der Waals surface area contributed by atoms with Crippen molar-refractivity contribution in [1.29, 1.82) is 0 Å². The maximum atomic E-state index is 9.13. The van der Waals surface area contributed by atoms with Gasteiger partial charge in [-0.2, -0.15) is 5.10 Å². The number of anilines is 1. The van der Waals surface area contributed by atoms with Crippen molar-refractivity contribution in [2.45, 2.75) is 0 Å². The first-order valence-electron chi connectivity index (χ1n) is 5.35. The molecular formula is C12H11N5OS. The topological polar surface area (TPSA) is 87.6 Å². The van der Waals surface area contributed by atoms with E-state index < -0.39 is 0 Å². The molecule has 7 heteroatoms. The first-order valence-corrected chi connectivity index (χ1v) is 5.76. The Morgan fingerprint density at radius 1 is 1.37 bits per heavy atom. The number of nitrogens with zero attached hydrogens (tertiary/aromatic N) is 4. The molecule has 0 radical (unpaired) electrons. The van der Waals surface area contributed by atoms with Crippen molar-refractivity contribution < 1.29 is 5.11 Å². The molecule has 0 fully saturated rings. The van der Waals surface area contributed by atoms with E-state index >= 15 is 0 Å². The fourth-order valence-electron chi connectivity index (χ4n) is 1.32. The summed E-state index contributed by atoms with van der Waals surface area (Å²) in [5, 5.41) is 14.8. The van der Waals surface area contributed by atoms with Crippen LogP contribution in [0.25, 0.3) is 0 Å². The van der Waals surface area contributed by atoms with E-state index in [-0.39, 0.29) is 10.9 Å². The van der Waals surface area contributed by atoms with Crippen molar-refractivity contribution in [2.75, 3.05) is 5.01 Å². The SMILES string of the molecule is NC(=S)N(/N=C\c1ccc(O)cn1)c1cccnc1. The summed E-state index contributed by atoms with van der Waals surface area (Å²) in [4.78, 5) is 7.95. The van der Waals surface area contributed by atoms with Crippen LogP contribution in [0, 0.1) is 0 Å². The van der Waals surface area contributed by atoms with Gasteiger partial charge in [-0.15, -0.1) is 0 Å². The van der Waals surface area contributed by atoms with E-state index in [1.54, 1.807) is 30.6 Å². The molecule has 2 aromatic rings. The third-order valence-corrected chi connectivity index (χ3v) is 2.35. The van der Waals surface area contributed by atoms with Crippen molar-refractivity contribution in [3.8, 4) is 5.75 Å². The van der Waals surface area contributed by atoms with Gasteiger partial charge in [-0.1, -0.05) is 0 Å². The summed E-state index contributed by atoms with van der Waals surface area (Å²) in [5.41, 5.74) is 6.84. The number of nitrogens with two attached hydrogens (primary N) is 1. The summed E-state index contributed by atoms with van der Waals surface area (Å²) >= 11 is 4.94. The van der Waals surface area contributed by atoms with Crippen LogP contribution in [0.5, 0.6) is 5.75 Å². The zero-order valence-corrected chi connectivity index (χ0v) is 10.7. The second-order valence-electron chi connectivity index (χ2n) is 3.55. The molecule has 0 amide bonds. The van der Waals surface area contributed by atoms with Crippen LogP contribution in [0.2, 0.25) is 0 Å². The van der Waals surface area contributed by atoms with E-state index in [1.165, 1.54) is 23.5 Å². The Morgan fingerprint density at radius 2 is 2.21 bits per heavy atom. The number of hydrogen-bond donors (Lipinski definition) is 2. The summed E-state index contributed by atoms with van der Waals surface area (Å²) in [5.74, 6) is 0.0932. The zero-order chi connectivity index (χ0) is 13.7. The van der Waals surface area contributed by atoms with Crippen molar-refractivity contribution in [3.05, 3.63) is 48.5 Å². The van der Waals surface area contributed by atoms with Crippen molar-refractivity contribution >= 4 is 29.2 Å². The van der Waals surface area contributed by atoms with E-state index in [4.69, 9.17) is 23.1 Å². The van der Waals surface area contributed by atoms with Crippen molar-refractivity contribution in [3.63, 3.8) is 0 Å². The fraction of sp³-hybridized carbons (Fsp3) is 0. The van der Waals surface area contributed by atoms with E-state index in [0.29, 0.717) is 11.4 Å². The number of pyridine rings is 2. The minimum atomic E-state index is 0.0932. The average molecular weight is 273 g/mol. The predicted molar refractivity (Wildman–Crippen MR) is 77.0 cm³/mol. The standard InChI is InChI=1S/C12H11N5OS/c13-12(19)17(10-2-1-5-14-7-10)16-6-9-3-4-11(18)8-15-9/h1-8,18H,(H2,13,19)/b16-6-.